The van der Waals surface area contributed by atoms with Crippen LogP contribution in [-0.4, -0.2) is 25.7 Å². The fourth-order valence-corrected chi connectivity index (χ4v) is 0.653. The van der Waals surface area contributed by atoms with Gasteiger partial charge in [-0.25, -0.2) is 4.79 Å². The van der Waals surface area contributed by atoms with Gasteiger partial charge in [0.15, 0.2) is 0 Å². The molecule has 0 spiro atoms. The first-order valence-corrected chi connectivity index (χ1v) is 5.26. The van der Waals surface area contributed by atoms with Gasteiger partial charge in [-0.2, -0.15) is 0 Å². The van der Waals surface area contributed by atoms with Crippen molar-refractivity contribution in [1.82, 2.24) is 5.32 Å². The molecule has 0 radical (unpaired) electrons. The van der Waals surface area contributed by atoms with Gasteiger partial charge in [-0.05, 0) is 12.8 Å². The highest BCUT2D eigenvalue weighted by Crippen LogP contribution is 1.91. The maximum Gasteiger partial charge on any atom is 0.318 e. The molecule has 0 rings (SSSR count). The number of primary amides is 1. The van der Waals surface area contributed by atoms with Crippen molar-refractivity contribution in [2.45, 2.75) is 39.5 Å². The molecule has 90 valence electrons. The maximum absolute atomic E-state index is 9.48. The van der Waals surface area contributed by atoms with Gasteiger partial charge in [-0.3, -0.25) is 10.1 Å². The van der Waals surface area contributed by atoms with Gasteiger partial charge in [0.2, 0.25) is 6.41 Å². The summed E-state index contributed by atoms with van der Waals surface area (Å²) in [6.07, 6.45) is 5.13. The van der Waals surface area contributed by atoms with Crippen molar-refractivity contribution in [2.24, 2.45) is 5.73 Å². The van der Waals surface area contributed by atoms with Crippen molar-refractivity contribution in [3.05, 3.63) is 0 Å². The summed E-state index contributed by atoms with van der Waals surface area (Å²) in [6.45, 7) is 6.28. The summed E-state index contributed by atoms with van der Waals surface area (Å²) < 4.78 is 5.31. The topological polar surface area (TPSA) is 81.4 Å². The lowest BCUT2D eigenvalue weighted by Crippen LogP contribution is -2.27. The van der Waals surface area contributed by atoms with Gasteiger partial charge >= 0.3 is 6.03 Å². The first-order chi connectivity index (χ1) is 7.18. The average molecular weight is 218 g/mol. The molecule has 15 heavy (non-hydrogen) atoms. The summed E-state index contributed by atoms with van der Waals surface area (Å²) in [5, 5.41) is 1.67. The second kappa shape index (κ2) is 15.4. The zero-order chi connectivity index (χ0) is 11.9. The highest BCUT2D eigenvalue weighted by atomic mass is 16.5. The summed E-state index contributed by atoms with van der Waals surface area (Å²) >= 11 is 0. The van der Waals surface area contributed by atoms with E-state index in [1.54, 1.807) is 5.32 Å². The molecular formula is C10H22N2O3. The van der Waals surface area contributed by atoms with Crippen molar-refractivity contribution in [3.63, 3.8) is 0 Å². The van der Waals surface area contributed by atoms with Crippen LogP contribution in [-0.2, 0) is 9.53 Å². The van der Waals surface area contributed by atoms with E-state index >= 15 is 0 Å². The molecule has 0 fully saturated rings. The predicted octanol–water partition coefficient (Wildman–Crippen LogP) is 1.41. The van der Waals surface area contributed by atoms with E-state index in [9.17, 15) is 9.59 Å². The van der Waals surface area contributed by atoms with Crippen LogP contribution in [0, 0.1) is 0 Å². The Balaban J connectivity index is 0. The Hall–Kier alpha value is -1.10. The number of urea groups is 1. The van der Waals surface area contributed by atoms with E-state index in [2.05, 4.69) is 19.6 Å². The van der Waals surface area contributed by atoms with Gasteiger partial charge in [-0.1, -0.05) is 26.7 Å². The van der Waals surface area contributed by atoms with Crippen LogP contribution in [0.1, 0.15) is 39.5 Å². The van der Waals surface area contributed by atoms with E-state index in [-0.39, 0.29) is 6.41 Å². The number of nitrogens with one attached hydrogen (secondary N) is 1. The number of rotatable bonds is 7. The summed E-state index contributed by atoms with van der Waals surface area (Å²) in [5.74, 6) is 0. The number of carbonyl (C=O) groups excluding carboxylic acids is 2. The number of ether oxygens (including phenoxy) is 1. The Labute approximate surface area is 91.4 Å². The number of imide groups is 1. The number of nitrogens with two attached hydrogens (primary N) is 1. The summed E-state index contributed by atoms with van der Waals surface area (Å²) in [4.78, 5) is 18.7. The van der Waals surface area contributed by atoms with Crippen LogP contribution in [0.2, 0.25) is 0 Å². The van der Waals surface area contributed by atoms with E-state index in [0.29, 0.717) is 0 Å². The van der Waals surface area contributed by atoms with E-state index in [0.717, 1.165) is 13.2 Å². The van der Waals surface area contributed by atoms with Gasteiger partial charge in [-0.15, -0.1) is 0 Å². The van der Waals surface area contributed by atoms with Gasteiger partial charge < -0.3 is 10.5 Å². The Morgan fingerprint density at radius 3 is 1.93 bits per heavy atom. The lowest BCUT2D eigenvalue weighted by molar-refractivity contribution is -0.108. The molecule has 0 saturated carbocycles. The van der Waals surface area contributed by atoms with Gasteiger partial charge in [0.25, 0.3) is 0 Å². The molecule has 0 aliphatic carbocycles. The molecule has 3 amide bonds. The molecule has 0 aliphatic rings. The van der Waals surface area contributed by atoms with Crippen LogP contribution in [0.4, 0.5) is 4.79 Å². The molecule has 0 heterocycles. The van der Waals surface area contributed by atoms with Crippen molar-refractivity contribution in [1.29, 1.82) is 0 Å². The van der Waals surface area contributed by atoms with E-state index in [1.807, 2.05) is 0 Å². The highest BCUT2D eigenvalue weighted by molar-refractivity contribution is 5.82. The largest absolute Gasteiger partial charge is 0.381 e. The normalized spacial score (nSPS) is 8.67. The molecule has 0 saturated heterocycles. The van der Waals surface area contributed by atoms with Crippen molar-refractivity contribution < 1.29 is 14.3 Å². The molecule has 0 aromatic carbocycles. The lowest BCUT2D eigenvalue weighted by Gasteiger charge is -1.99. The van der Waals surface area contributed by atoms with E-state index in [1.165, 1.54) is 25.7 Å². The molecule has 5 heteroatoms. The maximum atomic E-state index is 9.48. The molecule has 0 unspecified atom stereocenters. The monoisotopic (exact) mass is 218 g/mol. The Bertz CT molecular complexity index is 146. The van der Waals surface area contributed by atoms with Gasteiger partial charge in [0.05, 0.1) is 0 Å². The molecule has 0 bridgehead atoms. The third-order valence-corrected chi connectivity index (χ3v) is 1.49. The van der Waals surface area contributed by atoms with Crippen LogP contribution in [0.3, 0.4) is 0 Å². The fourth-order valence-electron chi connectivity index (χ4n) is 0.653. The number of hydrogen-bond acceptors (Lipinski definition) is 3. The molecule has 3 N–H and O–H groups in total. The minimum Gasteiger partial charge on any atom is -0.381 e. The first-order valence-electron chi connectivity index (χ1n) is 5.26. The third kappa shape index (κ3) is 24.6. The number of amides is 3. The highest BCUT2D eigenvalue weighted by Gasteiger charge is 1.84. The number of unbranched alkanes of at least 4 members (excludes halogenated alkanes) is 2. The Morgan fingerprint density at radius 2 is 1.73 bits per heavy atom. The molecule has 5 nitrogen and oxygen atoms in total. The second-order valence-corrected chi connectivity index (χ2v) is 2.95. The fraction of sp³-hybridized carbons (Fsp3) is 0.800. The Kier molecular flexibility index (Phi) is 16.7. The van der Waals surface area contributed by atoms with Crippen molar-refractivity contribution >= 4 is 12.4 Å². The first kappa shape index (κ1) is 16.3. The van der Waals surface area contributed by atoms with Crippen LogP contribution < -0.4 is 11.1 Å². The van der Waals surface area contributed by atoms with Crippen molar-refractivity contribution in [2.75, 3.05) is 13.2 Å². The molecule has 0 aromatic rings. The standard InChI is InChI=1S/C8H18O.C2H4N2O2/c1-3-5-7-9-8-6-4-2;3-2(6)4-1-5/h3-8H2,1-2H3;1H,(H3,3,4,5,6). The second-order valence-electron chi connectivity index (χ2n) is 2.95. The van der Waals surface area contributed by atoms with Crippen molar-refractivity contribution in [3.8, 4) is 0 Å². The van der Waals surface area contributed by atoms with Crippen LogP contribution >= 0.6 is 0 Å². The average Bonchev–Trinajstić information content (AvgIpc) is 2.18. The SMILES string of the molecule is CCCCOCCCC.NC(=O)NC=O. The van der Waals surface area contributed by atoms with Gasteiger partial charge in [0, 0.05) is 13.2 Å². The minimum absolute atomic E-state index is 0.225. The number of carbonyl (C=O) groups is 2. The minimum atomic E-state index is -0.829. The summed E-state index contributed by atoms with van der Waals surface area (Å²) in [6, 6.07) is -0.829. The van der Waals surface area contributed by atoms with Crippen LogP contribution in [0.5, 0.6) is 0 Å². The van der Waals surface area contributed by atoms with E-state index < -0.39 is 6.03 Å². The van der Waals surface area contributed by atoms with Gasteiger partial charge in [0.1, 0.15) is 0 Å². The predicted molar refractivity (Wildman–Crippen MR) is 59.4 cm³/mol. The molecular weight excluding hydrogens is 196 g/mol. The van der Waals surface area contributed by atoms with Crippen LogP contribution in [0.15, 0.2) is 0 Å². The van der Waals surface area contributed by atoms with Crippen LogP contribution in [0.25, 0.3) is 0 Å². The van der Waals surface area contributed by atoms with E-state index in [4.69, 9.17) is 4.74 Å². The molecule has 0 aromatic heterocycles. The zero-order valence-corrected chi connectivity index (χ0v) is 9.62. The smallest absolute Gasteiger partial charge is 0.318 e. The quantitative estimate of drug-likeness (QED) is 0.500. The lowest BCUT2D eigenvalue weighted by atomic mass is 10.3. The summed E-state index contributed by atoms with van der Waals surface area (Å²) in [5.41, 5.74) is 4.42. The number of hydrogen-bond donors (Lipinski definition) is 2. The third-order valence-electron chi connectivity index (χ3n) is 1.49. The molecule has 0 atom stereocenters. The zero-order valence-electron chi connectivity index (χ0n) is 9.62. The Morgan fingerprint density at radius 1 is 1.27 bits per heavy atom. The molecule has 0 aliphatic heterocycles. The summed E-state index contributed by atoms with van der Waals surface area (Å²) in [7, 11) is 0.